The molecule has 0 fully saturated rings. The van der Waals surface area contributed by atoms with E-state index in [0.29, 0.717) is 0 Å². The lowest BCUT2D eigenvalue weighted by Gasteiger charge is -2.25. The van der Waals surface area contributed by atoms with Crippen molar-refractivity contribution in [3.8, 4) is 0 Å². The molecule has 72 valence electrons. The first-order chi connectivity index (χ1) is 5.68. The summed E-state index contributed by atoms with van der Waals surface area (Å²) in [5.74, 6) is 0. The highest BCUT2D eigenvalue weighted by molar-refractivity contribution is 4.92. The Kier molecular flexibility index (Phi) is 6.03. The van der Waals surface area contributed by atoms with Crippen molar-refractivity contribution in [3.05, 3.63) is 12.7 Å². The van der Waals surface area contributed by atoms with Crippen molar-refractivity contribution < 1.29 is 4.74 Å². The first-order valence-electron chi connectivity index (χ1n) is 4.60. The number of hydrogen-bond acceptors (Lipinski definition) is 2. The molecular formula is C10H21NO. The molecule has 0 spiro atoms. The standard InChI is InChI=1S/C10H21NO/c1-5-10(4,8-11-6-2)9-12-7-3/h5,11H,1,6-9H2,2-4H3. The number of ether oxygens (including phenoxy) is 1. The van der Waals surface area contributed by atoms with E-state index >= 15 is 0 Å². The van der Waals surface area contributed by atoms with Crippen LogP contribution in [0.2, 0.25) is 0 Å². The molecule has 1 unspecified atom stereocenters. The lowest BCUT2D eigenvalue weighted by atomic mass is 9.92. The van der Waals surface area contributed by atoms with E-state index < -0.39 is 0 Å². The smallest absolute Gasteiger partial charge is 0.0566 e. The van der Waals surface area contributed by atoms with Crippen molar-refractivity contribution in [1.29, 1.82) is 0 Å². The van der Waals surface area contributed by atoms with Gasteiger partial charge in [0.05, 0.1) is 6.61 Å². The Morgan fingerprint density at radius 2 is 2.17 bits per heavy atom. The monoisotopic (exact) mass is 171 g/mol. The zero-order valence-corrected chi connectivity index (χ0v) is 8.52. The first kappa shape index (κ1) is 11.7. The van der Waals surface area contributed by atoms with Crippen LogP contribution in [0.25, 0.3) is 0 Å². The van der Waals surface area contributed by atoms with Gasteiger partial charge >= 0.3 is 0 Å². The second kappa shape index (κ2) is 6.21. The predicted octanol–water partition coefficient (Wildman–Crippen LogP) is 1.82. The van der Waals surface area contributed by atoms with Gasteiger partial charge in [0.15, 0.2) is 0 Å². The van der Waals surface area contributed by atoms with Crippen LogP contribution < -0.4 is 5.32 Å². The Labute approximate surface area is 76.0 Å². The van der Waals surface area contributed by atoms with Crippen LogP contribution in [-0.4, -0.2) is 26.3 Å². The van der Waals surface area contributed by atoms with Crippen LogP contribution in [0.15, 0.2) is 12.7 Å². The minimum atomic E-state index is 0.0754. The Balaban J connectivity index is 3.78. The molecule has 12 heavy (non-hydrogen) atoms. The van der Waals surface area contributed by atoms with Crippen LogP contribution in [0.3, 0.4) is 0 Å². The maximum Gasteiger partial charge on any atom is 0.0566 e. The van der Waals surface area contributed by atoms with Gasteiger partial charge in [0.2, 0.25) is 0 Å². The van der Waals surface area contributed by atoms with E-state index in [0.717, 1.165) is 26.3 Å². The van der Waals surface area contributed by atoms with E-state index in [4.69, 9.17) is 4.74 Å². The number of rotatable bonds is 7. The second-order valence-electron chi connectivity index (χ2n) is 3.28. The highest BCUT2D eigenvalue weighted by atomic mass is 16.5. The van der Waals surface area contributed by atoms with Crippen molar-refractivity contribution in [1.82, 2.24) is 5.32 Å². The van der Waals surface area contributed by atoms with Gasteiger partial charge in [0, 0.05) is 18.6 Å². The van der Waals surface area contributed by atoms with E-state index in [9.17, 15) is 0 Å². The summed E-state index contributed by atoms with van der Waals surface area (Å²) in [5, 5.41) is 3.30. The normalized spacial score (nSPS) is 15.6. The van der Waals surface area contributed by atoms with E-state index in [1.165, 1.54) is 0 Å². The second-order valence-corrected chi connectivity index (χ2v) is 3.28. The van der Waals surface area contributed by atoms with Gasteiger partial charge in [0.1, 0.15) is 0 Å². The molecule has 0 aromatic carbocycles. The third kappa shape index (κ3) is 4.52. The van der Waals surface area contributed by atoms with Gasteiger partial charge in [-0.25, -0.2) is 0 Å². The molecule has 0 saturated carbocycles. The average molecular weight is 171 g/mol. The van der Waals surface area contributed by atoms with E-state index in [1.807, 2.05) is 13.0 Å². The molecule has 0 aromatic rings. The molecule has 0 aliphatic heterocycles. The highest BCUT2D eigenvalue weighted by Crippen LogP contribution is 2.16. The van der Waals surface area contributed by atoms with Crippen molar-refractivity contribution >= 4 is 0 Å². The summed E-state index contributed by atoms with van der Waals surface area (Å²) in [5.41, 5.74) is 0.0754. The predicted molar refractivity (Wildman–Crippen MR) is 53.3 cm³/mol. The van der Waals surface area contributed by atoms with Crippen molar-refractivity contribution in [2.75, 3.05) is 26.3 Å². The molecule has 0 amide bonds. The van der Waals surface area contributed by atoms with Gasteiger partial charge in [0.25, 0.3) is 0 Å². The Morgan fingerprint density at radius 3 is 2.58 bits per heavy atom. The maximum atomic E-state index is 5.38. The van der Waals surface area contributed by atoms with Crippen LogP contribution in [-0.2, 0) is 4.74 Å². The lowest BCUT2D eigenvalue weighted by Crippen LogP contribution is -2.34. The molecule has 0 aromatic heterocycles. The molecule has 0 bridgehead atoms. The van der Waals surface area contributed by atoms with Crippen molar-refractivity contribution in [2.45, 2.75) is 20.8 Å². The third-order valence-electron chi connectivity index (χ3n) is 1.91. The van der Waals surface area contributed by atoms with Gasteiger partial charge in [-0.3, -0.25) is 0 Å². The quantitative estimate of drug-likeness (QED) is 0.590. The van der Waals surface area contributed by atoms with Crippen LogP contribution in [0.4, 0.5) is 0 Å². The van der Waals surface area contributed by atoms with E-state index in [1.54, 1.807) is 0 Å². The summed E-state index contributed by atoms with van der Waals surface area (Å²) in [4.78, 5) is 0. The Bertz CT molecular complexity index is 115. The fraction of sp³-hybridized carbons (Fsp3) is 0.800. The summed E-state index contributed by atoms with van der Waals surface area (Å²) in [6, 6.07) is 0. The van der Waals surface area contributed by atoms with Crippen molar-refractivity contribution in [2.24, 2.45) is 5.41 Å². The molecule has 0 aliphatic carbocycles. The van der Waals surface area contributed by atoms with Crippen LogP contribution >= 0.6 is 0 Å². The van der Waals surface area contributed by atoms with Crippen molar-refractivity contribution in [3.63, 3.8) is 0 Å². The van der Waals surface area contributed by atoms with E-state index in [-0.39, 0.29) is 5.41 Å². The highest BCUT2D eigenvalue weighted by Gasteiger charge is 2.19. The van der Waals surface area contributed by atoms with E-state index in [2.05, 4.69) is 25.7 Å². The molecule has 0 saturated heterocycles. The minimum absolute atomic E-state index is 0.0754. The summed E-state index contributed by atoms with van der Waals surface area (Å²) in [7, 11) is 0. The van der Waals surface area contributed by atoms with Gasteiger partial charge < -0.3 is 10.1 Å². The zero-order chi connectivity index (χ0) is 9.45. The summed E-state index contributed by atoms with van der Waals surface area (Å²) >= 11 is 0. The van der Waals surface area contributed by atoms with Gasteiger partial charge in [-0.2, -0.15) is 0 Å². The van der Waals surface area contributed by atoms with Crippen LogP contribution in [0.1, 0.15) is 20.8 Å². The molecule has 0 aliphatic rings. The summed E-state index contributed by atoms with van der Waals surface area (Å²) in [6.45, 7) is 13.5. The Hall–Kier alpha value is -0.340. The zero-order valence-electron chi connectivity index (χ0n) is 8.52. The first-order valence-corrected chi connectivity index (χ1v) is 4.60. The largest absolute Gasteiger partial charge is 0.381 e. The fourth-order valence-electron chi connectivity index (χ4n) is 0.928. The van der Waals surface area contributed by atoms with Crippen LogP contribution in [0.5, 0.6) is 0 Å². The third-order valence-corrected chi connectivity index (χ3v) is 1.91. The molecule has 2 heteroatoms. The molecule has 0 radical (unpaired) electrons. The molecule has 1 atom stereocenters. The topological polar surface area (TPSA) is 21.3 Å². The van der Waals surface area contributed by atoms with Crippen LogP contribution in [0, 0.1) is 5.41 Å². The molecule has 2 nitrogen and oxygen atoms in total. The minimum Gasteiger partial charge on any atom is -0.381 e. The molecular weight excluding hydrogens is 150 g/mol. The average Bonchev–Trinajstić information content (AvgIpc) is 2.11. The van der Waals surface area contributed by atoms with Gasteiger partial charge in [-0.15, -0.1) is 6.58 Å². The van der Waals surface area contributed by atoms with Gasteiger partial charge in [-0.05, 0) is 13.5 Å². The Morgan fingerprint density at radius 1 is 1.50 bits per heavy atom. The SMILES string of the molecule is C=CC(C)(CNCC)COCC. The summed E-state index contributed by atoms with van der Waals surface area (Å²) < 4.78 is 5.38. The lowest BCUT2D eigenvalue weighted by molar-refractivity contribution is 0.0853. The molecule has 0 heterocycles. The molecule has 0 rings (SSSR count). The van der Waals surface area contributed by atoms with Gasteiger partial charge in [-0.1, -0.05) is 19.9 Å². The number of nitrogens with one attached hydrogen (secondary N) is 1. The summed E-state index contributed by atoms with van der Waals surface area (Å²) in [6.07, 6.45) is 1.96. The number of hydrogen-bond donors (Lipinski definition) is 1. The fourth-order valence-corrected chi connectivity index (χ4v) is 0.928. The maximum absolute atomic E-state index is 5.38. The molecule has 1 N–H and O–H groups in total.